The van der Waals surface area contributed by atoms with Crippen LogP contribution in [-0.2, 0) is 9.59 Å². The number of hydrogen-bond acceptors (Lipinski definition) is 5. The molecule has 4 aliphatic rings. The zero-order chi connectivity index (χ0) is 30.4. The minimum atomic E-state index is -4.40. The highest BCUT2D eigenvalue weighted by atomic mass is 19.4. The number of alkyl halides is 3. The number of rotatable bonds is 9. The van der Waals surface area contributed by atoms with Crippen molar-refractivity contribution in [3.8, 4) is 11.5 Å². The topological polar surface area (TPSA) is 114 Å². The van der Waals surface area contributed by atoms with Gasteiger partial charge in [-0.15, -0.1) is 0 Å². The summed E-state index contributed by atoms with van der Waals surface area (Å²) in [4.78, 5) is 38.3. The van der Waals surface area contributed by atoms with Crippen LogP contribution in [-0.4, -0.2) is 54.9 Å². The number of benzene rings is 1. The molecule has 0 aliphatic heterocycles. The van der Waals surface area contributed by atoms with Crippen LogP contribution in [0, 0.1) is 34.4 Å². The number of ether oxygens (including phenoxy) is 2. The first-order valence-corrected chi connectivity index (χ1v) is 14.7. The van der Waals surface area contributed by atoms with Crippen LogP contribution < -0.4 is 20.1 Å². The van der Waals surface area contributed by atoms with Crippen molar-refractivity contribution in [3.05, 3.63) is 23.5 Å². The highest BCUT2D eigenvalue weighted by molar-refractivity contribution is 5.98. The molecule has 0 radical (unpaired) electrons. The summed E-state index contributed by atoms with van der Waals surface area (Å²) in [6.45, 7) is 1.20. The zero-order valence-corrected chi connectivity index (χ0v) is 23.8. The molecule has 42 heavy (non-hydrogen) atoms. The second-order valence-electron chi connectivity index (χ2n) is 12.9. The van der Waals surface area contributed by atoms with E-state index in [0.29, 0.717) is 38.5 Å². The Morgan fingerprint density at radius 2 is 1.69 bits per heavy atom. The molecule has 12 heteroatoms. The lowest BCUT2D eigenvalue weighted by Gasteiger charge is -2.43. The van der Waals surface area contributed by atoms with Crippen LogP contribution in [0.2, 0.25) is 0 Å². The lowest BCUT2D eigenvalue weighted by atomic mass is 9.68. The van der Waals surface area contributed by atoms with E-state index in [1.165, 1.54) is 13.2 Å². The van der Waals surface area contributed by atoms with E-state index < -0.39 is 65.2 Å². The Morgan fingerprint density at radius 3 is 2.26 bits per heavy atom. The van der Waals surface area contributed by atoms with Gasteiger partial charge in [-0.25, -0.2) is 4.39 Å². The number of nitrogens with one attached hydrogen (secondary N) is 2. The lowest BCUT2D eigenvalue weighted by molar-refractivity contribution is -0.248. The molecule has 1 aromatic carbocycles. The number of amides is 2. The minimum Gasteiger partial charge on any atom is -0.496 e. The molecule has 232 valence electrons. The van der Waals surface area contributed by atoms with Gasteiger partial charge in [-0.3, -0.25) is 14.4 Å². The number of carbonyl (C=O) groups is 3. The second-order valence-corrected chi connectivity index (χ2v) is 12.9. The van der Waals surface area contributed by atoms with Gasteiger partial charge in [-0.1, -0.05) is 6.42 Å². The number of methoxy groups -OCH3 is 1. The number of halogens is 4. The zero-order valence-electron chi connectivity index (χ0n) is 23.8. The third-order valence-corrected chi connectivity index (χ3v) is 10.4. The van der Waals surface area contributed by atoms with E-state index in [2.05, 4.69) is 10.6 Å². The monoisotopic (exact) mass is 598 g/mol. The quantitative estimate of drug-likeness (QED) is 0.335. The highest BCUT2D eigenvalue weighted by Gasteiger charge is 2.59. The van der Waals surface area contributed by atoms with Crippen molar-refractivity contribution in [3.63, 3.8) is 0 Å². The summed E-state index contributed by atoms with van der Waals surface area (Å²) in [6, 6.07) is 1.72. The van der Waals surface area contributed by atoms with E-state index in [4.69, 9.17) is 9.47 Å². The van der Waals surface area contributed by atoms with Crippen LogP contribution in [0.25, 0.3) is 0 Å². The van der Waals surface area contributed by atoms with E-state index in [1.807, 2.05) is 0 Å². The van der Waals surface area contributed by atoms with Gasteiger partial charge in [0.15, 0.2) is 11.6 Å². The van der Waals surface area contributed by atoms with Gasteiger partial charge >= 0.3 is 12.1 Å². The van der Waals surface area contributed by atoms with Gasteiger partial charge in [0, 0.05) is 18.7 Å². The molecule has 0 unspecified atom stereocenters. The van der Waals surface area contributed by atoms with Gasteiger partial charge < -0.3 is 25.2 Å². The summed E-state index contributed by atoms with van der Waals surface area (Å²) in [5, 5.41) is 14.9. The Balaban J connectivity index is 1.28. The smallest absolute Gasteiger partial charge is 0.396 e. The third-order valence-electron chi connectivity index (χ3n) is 10.4. The molecule has 0 aromatic heterocycles. The SMILES string of the molecule is COc1cc(F)c(OC2CCC(C)(C(=O)O)CC2)cc1C(=O)N[C@@H]1[C@H]2CC[C@H](C2)[C@@H]1C(=O)NCC1(C(F)(F)F)CCC1. The largest absolute Gasteiger partial charge is 0.496 e. The van der Waals surface area contributed by atoms with Crippen LogP contribution >= 0.6 is 0 Å². The third kappa shape index (κ3) is 5.53. The lowest BCUT2D eigenvalue weighted by Crippen LogP contribution is -2.55. The van der Waals surface area contributed by atoms with Crippen LogP contribution in [0.3, 0.4) is 0 Å². The highest BCUT2D eigenvalue weighted by Crippen LogP contribution is 2.53. The summed E-state index contributed by atoms with van der Waals surface area (Å²) in [5.41, 5.74) is -2.74. The number of fused-ring (bicyclic) bond motifs is 2. The fourth-order valence-electron chi connectivity index (χ4n) is 7.36. The summed E-state index contributed by atoms with van der Waals surface area (Å²) in [5.74, 6) is -3.59. The molecule has 2 amide bonds. The van der Waals surface area contributed by atoms with Crippen LogP contribution in [0.15, 0.2) is 12.1 Å². The molecule has 3 N–H and O–H groups in total. The molecule has 1 aromatic rings. The minimum absolute atomic E-state index is 0.00271. The number of hydrogen-bond donors (Lipinski definition) is 3. The Morgan fingerprint density at radius 1 is 1.02 bits per heavy atom. The predicted molar refractivity (Wildman–Crippen MR) is 143 cm³/mol. The number of aliphatic carboxylic acids is 1. The van der Waals surface area contributed by atoms with E-state index in [-0.39, 0.29) is 41.7 Å². The average molecular weight is 599 g/mol. The maximum atomic E-state index is 14.9. The molecule has 0 saturated heterocycles. The van der Waals surface area contributed by atoms with Gasteiger partial charge in [-0.05, 0) is 82.6 Å². The maximum Gasteiger partial charge on any atom is 0.396 e. The second kappa shape index (κ2) is 11.2. The maximum absolute atomic E-state index is 14.9. The molecular formula is C30H38F4N2O6. The Bertz CT molecular complexity index is 1220. The summed E-state index contributed by atoms with van der Waals surface area (Å²) in [7, 11) is 1.30. The van der Waals surface area contributed by atoms with Crippen LogP contribution in [0.1, 0.15) is 81.5 Å². The van der Waals surface area contributed by atoms with Crippen molar-refractivity contribution >= 4 is 17.8 Å². The normalized spacial score (nSPS) is 31.6. The molecule has 2 bridgehead atoms. The average Bonchev–Trinajstić information content (AvgIpc) is 3.51. The van der Waals surface area contributed by atoms with Crippen molar-refractivity contribution in [2.45, 2.75) is 89.5 Å². The fourth-order valence-corrected chi connectivity index (χ4v) is 7.36. The summed E-state index contributed by atoms with van der Waals surface area (Å²) >= 11 is 0. The first-order chi connectivity index (χ1) is 19.8. The number of carboxylic acid groups (broad SMARTS) is 1. The molecule has 0 heterocycles. The summed E-state index contributed by atoms with van der Waals surface area (Å²) < 4.78 is 67.0. The van der Waals surface area contributed by atoms with Crippen molar-refractivity contribution in [2.24, 2.45) is 28.6 Å². The Hall–Kier alpha value is -3.05. The number of carboxylic acids is 1. The van der Waals surface area contributed by atoms with Gasteiger partial charge in [0.2, 0.25) is 5.91 Å². The van der Waals surface area contributed by atoms with Crippen molar-refractivity contribution in [1.82, 2.24) is 10.6 Å². The molecule has 0 spiro atoms. The van der Waals surface area contributed by atoms with Crippen LogP contribution in [0.4, 0.5) is 17.6 Å². The van der Waals surface area contributed by atoms with Crippen molar-refractivity contribution in [1.29, 1.82) is 0 Å². The first kappa shape index (κ1) is 30.4. The van der Waals surface area contributed by atoms with Crippen LogP contribution in [0.5, 0.6) is 11.5 Å². The standard InChI is InChI=1S/C30H38F4N2O6/c1-28(27(39)40)10-6-18(7-11-28)42-22-13-19(21(41-2)14-20(22)31)25(37)36-24-17-5-4-16(12-17)23(24)26(38)35-15-29(8-3-9-29)30(32,33)34/h13-14,16-18,23-24H,3-12,15H2,1-2H3,(H,35,38)(H,36,37)(H,39,40)/t16-,17+,18?,23+,24-,28?/m1/s1. The number of carbonyl (C=O) groups excluding carboxylic acids is 2. The van der Waals surface area contributed by atoms with E-state index in [1.54, 1.807) is 6.92 Å². The van der Waals surface area contributed by atoms with E-state index >= 15 is 0 Å². The van der Waals surface area contributed by atoms with Gasteiger partial charge in [-0.2, -0.15) is 13.2 Å². The molecule has 4 aliphatic carbocycles. The van der Waals surface area contributed by atoms with E-state index in [0.717, 1.165) is 18.9 Å². The van der Waals surface area contributed by atoms with Gasteiger partial charge in [0.05, 0.1) is 35.5 Å². The molecule has 4 atom stereocenters. The molecular weight excluding hydrogens is 560 g/mol. The molecule has 4 saturated carbocycles. The molecule has 8 nitrogen and oxygen atoms in total. The molecule has 4 fully saturated rings. The summed E-state index contributed by atoms with van der Waals surface area (Å²) in [6.07, 6.45) is -0.568. The molecule has 5 rings (SSSR count). The van der Waals surface area contributed by atoms with Gasteiger partial charge in [0.25, 0.3) is 5.91 Å². The Kier molecular flexibility index (Phi) is 8.12. The predicted octanol–water partition coefficient (Wildman–Crippen LogP) is 5.24. The first-order valence-electron chi connectivity index (χ1n) is 14.7. The van der Waals surface area contributed by atoms with Crippen molar-refractivity contribution in [2.75, 3.05) is 13.7 Å². The van der Waals surface area contributed by atoms with Gasteiger partial charge in [0.1, 0.15) is 5.75 Å². The van der Waals surface area contributed by atoms with Crippen molar-refractivity contribution < 1.29 is 46.5 Å². The Labute approximate surface area is 241 Å². The van der Waals surface area contributed by atoms with E-state index in [9.17, 15) is 37.1 Å². The fraction of sp³-hybridized carbons (Fsp3) is 0.700.